The number of alkyl halides is 6. The minimum Gasteiger partial charge on any atom is -0.351 e. The van der Waals surface area contributed by atoms with Crippen LogP contribution in [0.15, 0.2) is 48.5 Å². The van der Waals surface area contributed by atoms with Crippen molar-refractivity contribution in [3.8, 4) is 12.3 Å². The molecule has 0 saturated heterocycles. The van der Waals surface area contributed by atoms with Crippen LogP contribution in [0, 0.1) is 12.3 Å². The molecule has 2 aromatic carbocycles. The van der Waals surface area contributed by atoms with E-state index >= 15 is 0 Å². The highest BCUT2D eigenvalue weighted by Crippen LogP contribution is 2.36. The number of carbonyl (C=O) groups is 2. The summed E-state index contributed by atoms with van der Waals surface area (Å²) in [5.74, 6) is -0.0579. The zero-order valence-corrected chi connectivity index (χ0v) is 18.4. The second-order valence-corrected chi connectivity index (χ2v) is 8.23. The van der Waals surface area contributed by atoms with Gasteiger partial charge in [-0.25, -0.2) is 0 Å². The molecule has 1 fully saturated rings. The molecular formula is C25H22F6N2O2. The molecule has 10 heteroatoms. The summed E-state index contributed by atoms with van der Waals surface area (Å²) in [5.41, 5.74) is -2.41. The number of amides is 2. The largest absolute Gasteiger partial charge is 0.416 e. The zero-order valence-electron chi connectivity index (χ0n) is 18.4. The van der Waals surface area contributed by atoms with Crippen molar-refractivity contribution in [2.24, 2.45) is 0 Å². The van der Waals surface area contributed by atoms with Crippen LogP contribution in [0.3, 0.4) is 0 Å². The molecule has 0 aliphatic heterocycles. The second kappa shape index (κ2) is 10.4. The molecule has 0 aromatic heterocycles. The minimum absolute atomic E-state index is 0.0349. The predicted octanol–water partition coefficient (Wildman–Crippen LogP) is 5.88. The highest BCUT2D eigenvalue weighted by atomic mass is 19.4. The smallest absolute Gasteiger partial charge is 0.351 e. The van der Waals surface area contributed by atoms with Gasteiger partial charge in [-0.3, -0.25) is 14.5 Å². The lowest BCUT2D eigenvalue weighted by molar-refractivity contribution is -0.138. The van der Waals surface area contributed by atoms with E-state index in [0.29, 0.717) is 23.8 Å². The van der Waals surface area contributed by atoms with Gasteiger partial charge in [-0.15, -0.1) is 6.42 Å². The maximum absolute atomic E-state index is 13.4. The first kappa shape index (κ1) is 26.1. The molecule has 2 aromatic rings. The van der Waals surface area contributed by atoms with Gasteiger partial charge in [0.25, 0.3) is 0 Å². The van der Waals surface area contributed by atoms with Crippen LogP contribution in [0.25, 0.3) is 0 Å². The average Bonchev–Trinajstić information content (AvgIpc) is 2.81. The molecule has 4 nitrogen and oxygen atoms in total. The van der Waals surface area contributed by atoms with E-state index < -0.39 is 41.3 Å². The van der Waals surface area contributed by atoms with Gasteiger partial charge in [0.1, 0.15) is 6.04 Å². The van der Waals surface area contributed by atoms with E-state index in [1.54, 1.807) is 0 Å². The summed E-state index contributed by atoms with van der Waals surface area (Å²) < 4.78 is 79.2. The van der Waals surface area contributed by atoms with Gasteiger partial charge in [0.2, 0.25) is 5.91 Å². The van der Waals surface area contributed by atoms with Crippen LogP contribution >= 0.6 is 0 Å². The van der Waals surface area contributed by atoms with E-state index in [9.17, 15) is 35.9 Å². The lowest BCUT2D eigenvalue weighted by Gasteiger charge is -2.32. The molecule has 3 rings (SSSR count). The van der Waals surface area contributed by atoms with E-state index in [1.165, 1.54) is 6.07 Å². The number of carbonyl (C=O) groups excluding carboxylic acids is 2. The van der Waals surface area contributed by atoms with Crippen molar-refractivity contribution in [2.45, 2.75) is 56.5 Å². The second-order valence-electron chi connectivity index (χ2n) is 8.23. The van der Waals surface area contributed by atoms with Gasteiger partial charge in [0.05, 0.1) is 11.1 Å². The predicted molar refractivity (Wildman–Crippen MR) is 117 cm³/mol. The third kappa shape index (κ3) is 6.35. The van der Waals surface area contributed by atoms with E-state index in [-0.39, 0.29) is 17.3 Å². The first-order valence-electron chi connectivity index (χ1n) is 10.9. The molecular weight excluding hydrogens is 474 g/mol. The average molecular weight is 496 g/mol. The number of benzene rings is 2. The van der Waals surface area contributed by atoms with Crippen molar-refractivity contribution in [2.75, 3.05) is 4.90 Å². The van der Waals surface area contributed by atoms with Crippen LogP contribution in [0.5, 0.6) is 0 Å². The van der Waals surface area contributed by atoms with Crippen molar-refractivity contribution in [3.63, 3.8) is 0 Å². The van der Waals surface area contributed by atoms with Crippen LogP contribution < -0.4 is 10.2 Å². The number of nitrogens with one attached hydrogen (secondary N) is 1. The van der Waals surface area contributed by atoms with Gasteiger partial charge in [-0.05, 0) is 54.7 Å². The SMILES string of the molecule is C#CC(=O)N(c1cccc(C(F)(F)F)c1)C(C(=O)NC1CCCCC1)c1ccc(C(F)(F)F)cc1. The van der Waals surface area contributed by atoms with Gasteiger partial charge in [-0.1, -0.05) is 37.5 Å². The summed E-state index contributed by atoms with van der Waals surface area (Å²) in [4.78, 5) is 26.9. The number of nitrogens with zero attached hydrogens (tertiary/aromatic N) is 1. The van der Waals surface area contributed by atoms with Gasteiger partial charge >= 0.3 is 18.3 Å². The summed E-state index contributed by atoms with van der Waals surface area (Å²) >= 11 is 0. The van der Waals surface area contributed by atoms with Gasteiger partial charge in [0.15, 0.2) is 0 Å². The number of hydrogen-bond donors (Lipinski definition) is 1. The molecule has 1 unspecified atom stereocenters. The number of rotatable bonds is 5. The van der Waals surface area contributed by atoms with Crippen LogP contribution in [0.4, 0.5) is 32.0 Å². The van der Waals surface area contributed by atoms with Gasteiger partial charge < -0.3 is 5.32 Å². The van der Waals surface area contributed by atoms with Crippen molar-refractivity contribution in [1.29, 1.82) is 0 Å². The Hall–Kier alpha value is -3.48. The first-order chi connectivity index (χ1) is 16.4. The summed E-state index contributed by atoms with van der Waals surface area (Å²) in [5, 5.41) is 2.79. The Labute approximate surface area is 198 Å². The Bertz CT molecular complexity index is 1100. The van der Waals surface area contributed by atoms with E-state index in [4.69, 9.17) is 6.42 Å². The fourth-order valence-corrected chi connectivity index (χ4v) is 4.08. The molecule has 0 radical (unpaired) electrons. The molecule has 1 N–H and O–H groups in total. The normalized spacial score (nSPS) is 15.7. The fraction of sp³-hybridized carbons (Fsp3) is 0.360. The quantitative estimate of drug-likeness (QED) is 0.415. The first-order valence-corrected chi connectivity index (χ1v) is 10.9. The lowest BCUT2D eigenvalue weighted by atomic mass is 9.94. The Morgan fingerprint density at radius 2 is 1.51 bits per heavy atom. The van der Waals surface area contributed by atoms with E-state index in [0.717, 1.165) is 55.7 Å². The van der Waals surface area contributed by atoms with Crippen LogP contribution in [-0.4, -0.2) is 17.9 Å². The molecule has 1 aliphatic carbocycles. The maximum atomic E-state index is 13.4. The molecule has 0 spiro atoms. The topological polar surface area (TPSA) is 49.4 Å². The molecule has 1 saturated carbocycles. The van der Waals surface area contributed by atoms with E-state index in [2.05, 4.69) is 5.32 Å². The van der Waals surface area contributed by atoms with Gasteiger partial charge in [-0.2, -0.15) is 26.3 Å². The standard InChI is InChI=1S/C25H22F6N2O2/c1-2-21(34)33(20-10-6-7-18(15-20)25(29,30)31)22(23(35)32-19-8-4-3-5-9-19)16-11-13-17(14-12-16)24(26,27)28/h1,6-7,10-15,19,22H,3-5,8-9H2,(H,32,35). The molecule has 1 atom stereocenters. The van der Waals surface area contributed by atoms with Crippen LogP contribution in [0.2, 0.25) is 0 Å². The molecule has 1 aliphatic rings. The Kier molecular flexibility index (Phi) is 7.78. The minimum atomic E-state index is -4.74. The highest BCUT2D eigenvalue weighted by Gasteiger charge is 2.37. The van der Waals surface area contributed by atoms with Crippen molar-refractivity contribution >= 4 is 17.5 Å². The molecule has 35 heavy (non-hydrogen) atoms. The molecule has 0 bridgehead atoms. The number of terminal acetylenes is 1. The van der Waals surface area contributed by atoms with Crippen molar-refractivity contribution in [3.05, 3.63) is 65.2 Å². The fourth-order valence-electron chi connectivity index (χ4n) is 4.08. The third-order valence-corrected chi connectivity index (χ3v) is 5.81. The van der Waals surface area contributed by atoms with Crippen LogP contribution in [-0.2, 0) is 21.9 Å². The highest BCUT2D eigenvalue weighted by molar-refractivity contribution is 6.09. The zero-order chi connectivity index (χ0) is 25.8. The monoisotopic (exact) mass is 496 g/mol. The molecule has 186 valence electrons. The van der Waals surface area contributed by atoms with Crippen molar-refractivity contribution < 1.29 is 35.9 Å². The lowest BCUT2D eigenvalue weighted by Crippen LogP contribution is -2.47. The summed E-state index contributed by atoms with van der Waals surface area (Å²) in [6, 6.07) is 5.35. The Morgan fingerprint density at radius 1 is 0.914 bits per heavy atom. The Morgan fingerprint density at radius 3 is 2.06 bits per heavy atom. The maximum Gasteiger partial charge on any atom is 0.416 e. The third-order valence-electron chi connectivity index (χ3n) is 5.81. The van der Waals surface area contributed by atoms with E-state index in [1.807, 2.05) is 5.92 Å². The summed E-state index contributed by atoms with van der Waals surface area (Å²) in [6.45, 7) is 0. The molecule has 0 heterocycles. The number of halogens is 6. The summed E-state index contributed by atoms with van der Waals surface area (Å²) in [6.07, 6.45) is -0.0827. The van der Waals surface area contributed by atoms with Crippen LogP contribution in [0.1, 0.15) is 54.8 Å². The Balaban J connectivity index is 2.10. The summed E-state index contributed by atoms with van der Waals surface area (Å²) in [7, 11) is 0. The number of anilines is 1. The van der Waals surface area contributed by atoms with Gasteiger partial charge in [0, 0.05) is 11.7 Å². The van der Waals surface area contributed by atoms with Crippen molar-refractivity contribution in [1.82, 2.24) is 5.32 Å². The number of hydrogen-bond acceptors (Lipinski definition) is 2. The molecule has 2 amide bonds.